The molecule has 1 aromatic heterocycles. The standard InChI is InChI=1S/C14H15ClN4O/c1-10-5-4-6-11(9-10)20-14-17-12(15)16-13(18-14)19-7-2-3-8-19/h4-6,9H,2-3,7-8H2,1H3. The van der Waals surface area contributed by atoms with E-state index in [9.17, 15) is 0 Å². The number of ether oxygens (including phenoxy) is 1. The van der Waals surface area contributed by atoms with Crippen LogP contribution in [0, 0.1) is 6.92 Å². The molecule has 20 heavy (non-hydrogen) atoms. The zero-order chi connectivity index (χ0) is 13.9. The molecule has 6 heteroatoms. The largest absolute Gasteiger partial charge is 0.424 e. The van der Waals surface area contributed by atoms with Gasteiger partial charge in [-0.1, -0.05) is 12.1 Å². The first-order chi connectivity index (χ1) is 9.70. The molecule has 5 nitrogen and oxygen atoms in total. The third-order valence-electron chi connectivity index (χ3n) is 3.16. The predicted molar refractivity (Wildman–Crippen MR) is 77.5 cm³/mol. The Hall–Kier alpha value is -1.88. The van der Waals surface area contributed by atoms with Crippen LogP contribution in [0.4, 0.5) is 5.95 Å². The fourth-order valence-corrected chi connectivity index (χ4v) is 2.36. The number of hydrogen-bond donors (Lipinski definition) is 0. The van der Waals surface area contributed by atoms with E-state index in [1.54, 1.807) is 0 Å². The zero-order valence-electron chi connectivity index (χ0n) is 11.2. The normalized spacial score (nSPS) is 14.6. The van der Waals surface area contributed by atoms with Crippen LogP contribution in [-0.2, 0) is 0 Å². The number of halogens is 1. The van der Waals surface area contributed by atoms with Crippen LogP contribution in [0.1, 0.15) is 18.4 Å². The van der Waals surface area contributed by atoms with Crippen LogP contribution in [0.25, 0.3) is 0 Å². The molecule has 0 unspecified atom stereocenters. The summed E-state index contributed by atoms with van der Waals surface area (Å²) in [5.41, 5.74) is 1.11. The number of aryl methyl sites for hydroxylation is 1. The second kappa shape index (κ2) is 5.63. The lowest BCUT2D eigenvalue weighted by Gasteiger charge is -2.15. The van der Waals surface area contributed by atoms with Crippen molar-refractivity contribution in [1.29, 1.82) is 0 Å². The average molecular weight is 291 g/mol. The van der Waals surface area contributed by atoms with Gasteiger partial charge in [0.1, 0.15) is 5.75 Å². The van der Waals surface area contributed by atoms with E-state index in [2.05, 4.69) is 19.9 Å². The van der Waals surface area contributed by atoms with Crippen molar-refractivity contribution in [2.24, 2.45) is 0 Å². The first-order valence-corrected chi connectivity index (χ1v) is 6.99. The van der Waals surface area contributed by atoms with Crippen LogP contribution in [0.2, 0.25) is 5.28 Å². The van der Waals surface area contributed by atoms with E-state index >= 15 is 0 Å². The van der Waals surface area contributed by atoms with Gasteiger partial charge in [-0.25, -0.2) is 0 Å². The SMILES string of the molecule is Cc1cccc(Oc2nc(Cl)nc(N3CCCC3)n2)c1. The van der Waals surface area contributed by atoms with E-state index < -0.39 is 0 Å². The number of nitrogens with zero attached hydrogens (tertiary/aromatic N) is 4. The van der Waals surface area contributed by atoms with E-state index in [-0.39, 0.29) is 11.3 Å². The highest BCUT2D eigenvalue weighted by Crippen LogP contribution is 2.23. The highest BCUT2D eigenvalue weighted by molar-refractivity contribution is 6.28. The smallest absolute Gasteiger partial charge is 0.328 e. The lowest BCUT2D eigenvalue weighted by Crippen LogP contribution is -2.21. The van der Waals surface area contributed by atoms with Gasteiger partial charge in [0.25, 0.3) is 0 Å². The molecule has 1 aliphatic heterocycles. The summed E-state index contributed by atoms with van der Waals surface area (Å²) in [7, 11) is 0. The second-order valence-electron chi connectivity index (χ2n) is 4.80. The van der Waals surface area contributed by atoms with Gasteiger partial charge in [-0.15, -0.1) is 0 Å². The summed E-state index contributed by atoms with van der Waals surface area (Å²) in [5.74, 6) is 1.28. The molecule has 0 amide bonds. The Balaban J connectivity index is 1.85. The summed E-state index contributed by atoms with van der Waals surface area (Å²) in [4.78, 5) is 14.6. The van der Waals surface area contributed by atoms with E-state index in [4.69, 9.17) is 16.3 Å². The number of rotatable bonds is 3. The van der Waals surface area contributed by atoms with Gasteiger partial charge in [-0.3, -0.25) is 0 Å². The third kappa shape index (κ3) is 2.99. The predicted octanol–water partition coefficient (Wildman–Crippen LogP) is 3.23. The molecule has 0 bridgehead atoms. The Morgan fingerprint density at radius 3 is 2.70 bits per heavy atom. The van der Waals surface area contributed by atoms with Crippen LogP contribution < -0.4 is 9.64 Å². The summed E-state index contributed by atoms with van der Waals surface area (Å²) >= 11 is 5.96. The molecular formula is C14H15ClN4O. The van der Waals surface area contributed by atoms with Crippen LogP contribution in [-0.4, -0.2) is 28.0 Å². The van der Waals surface area contributed by atoms with Gasteiger partial charge < -0.3 is 9.64 Å². The lowest BCUT2D eigenvalue weighted by atomic mass is 10.2. The van der Waals surface area contributed by atoms with E-state index in [0.29, 0.717) is 11.7 Å². The maximum Gasteiger partial charge on any atom is 0.328 e. The highest BCUT2D eigenvalue weighted by atomic mass is 35.5. The van der Waals surface area contributed by atoms with Gasteiger partial charge in [0.2, 0.25) is 11.2 Å². The molecule has 0 spiro atoms. The van der Waals surface area contributed by atoms with Gasteiger partial charge in [0, 0.05) is 13.1 Å². The monoisotopic (exact) mass is 290 g/mol. The molecule has 104 valence electrons. The number of aromatic nitrogens is 3. The summed E-state index contributed by atoms with van der Waals surface area (Å²) in [6, 6.07) is 7.95. The van der Waals surface area contributed by atoms with Crippen LogP contribution in [0.15, 0.2) is 24.3 Å². The summed E-state index contributed by atoms with van der Waals surface area (Å²) < 4.78 is 5.67. The van der Waals surface area contributed by atoms with Gasteiger partial charge >= 0.3 is 6.01 Å². The van der Waals surface area contributed by atoms with Crippen molar-refractivity contribution in [3.05, 3.63) is 35.1 Å². The molecule has 1 saturated heterocycles. The Kier molecular flexibility index (Phi) is 3.69. The van der Waals surface area contributed by atoms with Gasteiger partial charge in [0.15, 0.2) is 0 Å². The third-order valence-corrected chi connectivity index (χ3v) is 3.33. The van der Waals surface area contributed by atoms with Crippen molar-refractivity contribution in [1.82, 2.24) is 15.0 Å². The number of hydrogen-bond acceptors (Lipinski definition) is 5. The molecule has 1 aromatic carbocycles. The van der Waals surface area contributed by atoms with Crippen molar-refractivity contribution in [3.63, 3.8) is 0 Å². The fourth-order valence-electron chi connectivity index (χ4n) is 2.21. The van der Waals surface area contributed by atoms with E-state index in [1.807, 2.05) is 31.2 Å². The van der Waals surface area contributed by atoms with Crippen LogP contribution in [0.5, 0.6) is 11.8 Å². The minimum Gasteiger partial charge on any atom is -0.424 e. The molecule has 1 aliphatic rings. The maximum absolute atomic E-state index is 5.96. The Labute approximate surface area is 122 Å². The molecule has 0 N–H and O–H groups in total. The molecular weight excluding hydrogens is 276 g/mol. The Bertz CT molecular complexity index is 614. The zero-order valence-corrected chi connectivity index (χ0v) is 12.0. The number of benzene rings is 1. The van der Waals surface area contributed by atoms with Crippen molar-refractivity contribution in [2.45, 2.75) is 19.8 Å². The Morgan fingerprint density at radius 2 is 1.95 bits per heavy atom. The van der Waals surface area contributed by atoms with Crippen molar-refractivity contribution in [2.75, 3.05) is 18.0 Å². The molecule has 2 aromatic rings. The average Bonchev–Trinajstić information content (AvgIpc) is 2.91. The summed E-state index contributed by atoms with van der Waals surface area (Å²) in [6.07, 6.45) is 2.30. The first kappa shape index (κ1) is 13.1. The van der Waals surface area contributed by atoms with E-state index in [0.717, 1.165) is 31.5 Å². The van der Waals surface area contributed by atoms with Crippen LogP contribution in [0.3, 0.4) is 0 Å². The molecule has 0 aliphatic carbocycles. The summed E-state index contributed by atoms with van der Waals surface area (Å²) in [5, 5.41) is 0.157. The lowest BCUT2D eigenvalue weighted by molar-refractivity contribution is 0.439. The van der Waals surface area contributed by atoms with Crippen molar-refractivity contribution < 1.29 is 4.74 Å². The van der Waals surface area contributed by atoms with Crippen molar-refractivity contribution in [3.8, 4) is 11.8 Å². The first-order valence-electron chi connectivity index (χ1n) is 6.62. The van der Waals surface area contributed by atoms with Gasteiger partial charge in [0.05, 0.1) is 0 Å². The molecule has 1 fully saturated rings. The van der Waals surface area contributed by atoms with E-state index in [1.165, 1.54) is 0 Å². The highest BCUT2D eigenvalue weighted by Gasteiger charge is 2.17. The molecule has 0 radical (unpaired) electrons. The minimum absolute atomic E-state index is 0.157. The Morgan fingerprint density at radius 1 is 1.15 bits per heavy atom. The topological polar surface area (TPSA) is 51.1 Å². The fraction of sp³-hybridized carbons (Fsp3) is 0.357. The quantitative estimate of drug-likeness (QED) is 0.868. The molecule has 0 atom stereocenters. The maximum atomic E-state index is 5.96. The second-order valence-corrected chi connectivity index (χ2v) is 5.14. The molecule has 3 rings (SSSR count). The molecule has 0 saturated carbocycles. The molecule has 2 heterocycles. The number of anilines is 1. The van der Waals surface area contributed by atoms with Gasteiger partial charge in [-0.05, 0) is 49.1 Å². The van der Waals surface area contributed by atoms with Crippen molar-refractivity contribution >= 4 is 17.5 Å². The van der Waals surface area contributed by atoms with Crippen LogP contribution >= 0.6 is 11.6 Å². The van der Waals surface area contributed by atoms with Gasteiger partial charge in [-0.2, -0.15) is 15.0 Å². The summed E-state index contributed by atoms with van der Waals surface area (Å²) in [6.45, 7) is 3.90. The minimum atomic E-state index is 0.157.